The van der Waals surface area contributed by atoms with Crippen molar-refractivity contribution >= 4 is 17.1 Å². The fourth-order valence-corrected chi connectivity index (χ4v) is 2.62. The van der Waals surface area contributed by atoms with Gasteiger partial charge in [0.05, 0.1) is 0 Å². The highest BCUT2D eigenvalue weighted by atomic mass is 15.1. The minimum atomic E-state index is 0.931. The molecular formula is C21H20N. The Hall–Kier alpha value is -2.54. The molecule has 0 atom stereocenters. The molecule has 0 amide bonds. The molecule has 0 aliphatic carbocycles. The summed E-state index contributed by atoms with van der Waals surface area (Å²) in [6, 6.07) is 29.7. The van der Waals surface area contributed by atoms with Crippen LogP contribution < -0.4 is 4.90 Å². The molecule has 1 heteroatoms. The third-order valence-corrected chi connectivity index (χ3v) is 3.69. The average Bonchev–Trinajstić information content (AvgIpc) is 2.59. The molecule has 0 N–H and O–H groups in total. The smallest absolute Gasteiger partial charge is 0.0461 e. The Labute approximate surface area is 132 Å². The number of hydrogen-bond donors (Lipinski definition) is 0. The molecule has 1 radical (unpaired) electrons. The maximum absolute atomic E-state index is 3.92. The zero-order valence-electron chi connectivity index (χ0n) is 12.7. The van der Waals surface area contributed by atoms with Gasteiger partial charge < -0.3 is 4.90 Å². The Bertz CT molecular complexity index is 647. The second-order valence-corrected chi connectivity index (χ2v) is 5.28. The average molecular weight is 286 g/mol. The molecule has 0 spiro atoms. The van der Waals surface area contributed by atoms with Gasteiger partial charge in [-0.2, -0.15) is 0 Å². The van der Waals surface area contributed by atoms with Crippen molar-refractivity contribution in [2.75, 3.05) is 4.90 Å². The van der Waals surface area contributed by atoms with Crippen LogP contribution in [0.5, 0.6) is 0 Å². The van der Waals surface area contributed by atoms with Crippen molar-refractivity contribution in [3.05, 3.63) is 97.4 Å². The van der Waals surface area contributed by atoms with Gasteiger partial charge in [-0.1, -0.05) is 55.5 Å². The zero-order chi connectivity index (χ0) is 15.2. The minimum Gasteiger partial charge on any atom is -0.311 e. The molecule has 0 unspecified atom stereocenters. The van der Waals surface area contributed by atoms with Crippen LogP contribution in [0.25, 0.3) is 0 Å². The summed E-state index contributed by atoms with van der Waals surface area (Å²) in [5.41, 5.74) is 4.84. The summed E-state index contributed by atoms with van der Waals surface area (Å²) in [6.07, 6.45) is 1.96. The second kappa shape index (κ2) is 6.95. The molecule has 0 aliphatic rings. The van der Waals surface area contributed by atoms with Gasteiger partial charge in [-0.15, -0.1) is 0 Å². The lowest BCUT2D eigenvalue weighted by Gasteiger charge is -2.25. The Morgan fingerprint density at radius 2 is 1.05 bits per heavy atom. The van der Waals surface area contributed by atoms with Crippen molar-refractivity contribution in [3.63, 3.8) is 0 Å². The van der Waals surface area contributed by atoms with E-state index in [0.29, 0.717) is 0 Å². The number of benzene rings is 3. The molecule has 0 bridgehead atoms. The molecule has 0 aromatic heterocycles. The van der Waals surface area contributed by atoms with Gasteiger partial charge in [0.15, 0.2) is 0 Å². The van der Waals surface area contributed by atoms with Gasteiger partial charge >= 0.3 is 0 Å². The SMILES string of the molecule is [CH2]CCc1ccc(N(c2ccccc2)c2ccccc2)cc1. The summed E-state index contributed by atoms with van der Waals surface area (Å²) in [5, 5.41) is 0. The quantitative estimate of drug-likeness (QED) is 0.562. The first-order chi connectivity index (χ1) is 10.9. The van der Waals surface area contributed by atoms with E-state index in [1.54, 1.807) is 0 Å². The lowest BCUT2D eigenvalue weighted by atomic mass is 10.1. The van der Waals surface area contributed by atoms with Crippen LogP contribution in [-0.4, -0.2) is 0 Å². The van der Waals surface area contributed by atoms with Gasteiger partial charge in [-0.25, -0.2) is 0 Å². The second-order valence-electron chi connectivity index (χ2n) is 5.28. The molecule has 109 valence electrons. The van der Waals surface area contributed by atoms with Crippen LogP contribution in [0.3, 0.4) is 0 Å². The van der Waals surface area contributed by atoms with E-state index in [2.05, 4.69) is 84.6 Å². The summed E-state index contributed by atoms with van der Waals surface area (Å²) < 4.78 is 0. The molecular weight excluding hydrogens is 266 g/mol. The fourth-order valence-electron chi connectivity index (χ4n) is 2.62. The van der Waals surface area contributed by atoms with Crippen LogP contribution in [0, 0.1) is 6.92 Å². The molecule has 0 aliphatic heterocycles. The van der Waals surface area contributed by atoms with Crippen LogP contribution in [0.4, 0.5) is 17.1 Å². The predicted molar refractivity (Wildman–Crippen MR) is 94.8 cm³/mol. The summed E-state index contributed by atoms with van der Waals surface area (Å²) >= 11 is 0. The molecule has 0 fully saturated rings. The van der Waals surface area contributed by atoms with Crippen molar-refractivity contribution in [2.24, 2.45) is 0 Å². The molecule has 0 saturated carbocycles. The Morgan fingerprint density at radius 1 is 0.591 bits per heavy atom. The Morgan fingerprint density at radius 3 is 1.50 bits per heavy atom. The standard InChI is InChI=1S/C21H20N/c1-2-9-18-14-16-21(17-15-18)22(19-10-5-3-6-11-19)20-12-7-4-8-13-20/h3-8,10-17H,1-2,9H2. The topological polar surface area (TPSA) is 3.24 Å². The van der Waals surface area contributed by atoms with Crippen LogP contribution in [-0.2, 0) is 6.42 Å². The summed E-state index contributed by atoms with van der Waals surface area (Å²) in [6.45, 7) is 3.92. The van der Waals surface area contributed by atoms with Crippen molar-refractivity contribution in [3.8, 4) is 0 Å². The normalized spacial score (nSPS) is 10.4. The molecule has 3 aromatic rings. The van der Waals surface area contributed by atoms with E-state index in [1.807, 2.05) is 12.1 Å². The van der Waals surface area contributed by atoms with E-state index in [4.69, 9.17) is 0 Å². The Balaban J connectivity index is 2.02. The van der Waals surface area contributed by atoms with Gasteiger partial charge in [-0.05, 0) is 54.8 Å². The van der Waals surface area contributed by atoms with E-state index in [-0.39, 0.29) is 0 Å². The number of para-hydroxylation sites is 2. The van der Waals surface area contributed by atoms with Crippen LogP contribution in [0.1, 0.15) is 12.0 Å². The highest BCUT2D eigenvalue weighted by molar-refractivity contribution is 5.76. The van der Waals surface area contributed by atoms with Crippen molar-refractivity contribution in [1.82, 2.24) is 0 Å². The molecule has 0 saturated heterocycles. The summed E-state index contributed by atoms with van der Waals surface area (Å²) in [4.78, 5) is 2.27. The monoisotopic (exact) mass is 286 g/mol. The number of hydrogen-bond acceptors (Lipinski definition) is 1. The number of aryl methyl sites for hydroxylation is 1. The summed E-state index contributed by atoms with van der Waals surface area (Å²) in [5.74, 6) is 0. The lowest BCUT2D eigenvalue weighted by Crippen LogP contribution is -2.09. The third-order valence-electron chi connectivity index (χ3n) is 3.69. The molecule has 0 heterocycles. The van der Waals surface area contributed by atoms with Crippen molar-refractivity contribution in [2.45, 2.75) is 12.8 Å². The highest BCUT2D eigenvalue weighted by Gasteiger charge is 2.11. The van der Waals surface area contributed by atoms with Crippen LogP contribution >= 0.6 is 0 Å². The van der Waals surface area contributed by atoms with E-state index in [0.717, 1.165) is 12.8 Å². The maximum Gasteiger partial charge on any atom is 0.0461 e. The van der Waals surface area contributed by atoms with Crippen molar-refractivity contribution < 1.29 is 0 Å². The van der Waals surface area contributed by atoms with E-state index < -0.39 is 0 Å². The van der Waals surface area contributed by atoms with Gasteiger partial charge in [0, 0.05) is 17.1 Å². The largest absolute Gasteiger partial charge is 0.311 e. The first-order valence-corrected chi connectivity index (χ1v) is 7.67. The molecule has 3 rings (SSSR count). The van der Waals surface area contributed by atoms with Crippen LogP contribution in [0.2, 0.25) is 0 Å². The summed E-state index contributed by atoms with van der Waals surface area (Å²) in [7, 11) is 0. The minimum absolute atomic E-state index is 0.931. The highest BCUT2D eigenvalue weighted by Crippen LogP contribution is 2.34. The Kier molecular flexibility index (Phi) is 4.55. The van der Waals surface area contributed by atoms with Gasteiger partial charge in [0.1, 0.15) is 0 Å². The van der Waals surface area contributed by atoms with Gasteiger partial charge in [-0.3, -0.25) is 0 Å². The molecule has 22 heavy (non-hydrogen) atoms. The first kappa shape index (κ1) is 14.4. The zero-order valence-corrected chi connectivity index (χ0v) is 12.7. The molecule has 3 aromatic carbocycles. The molecule has 1 nitrogen and oxygen atoms in total. The van der Waals surface area contributed by atoms with Crippen molar-refractivity contribution in [1.29, 1.82) is 0 Å². The maximum atomic E-state index is 3.92. The lowest BCUT2D eigenvalue weighted by molar-refractivity contribution is 0.999. The van der Waals surface area contributed by atoms with E-state index >= 15 is 0 Å². The number of rotatable bonds is 5. The van der Waals surface area contributed by atoms with E-state index in [9.17, 15) is 0 Å². The fraction of sp³-hybridized carbons (Fsp3) is 0.0952. The third kappa shape index (κ3) is 3.20. The van der Waals surface area contributed by atoms with Crippen LogP contribution in [0.15, 0.2) is 84.9 Å². The van der Waals surface area contributed by atoms with Gasteiger partial charge in [0.25, 0.3) is 0 Å². The van der Waals surface area contributed by atoms with E-state index in [1.165, 1.54) is 22.6 Å². The van der Waals surface area contributed by atoms with Gasteiger partial charge in [0.2, 0.25) is 0 Å². The first-order valence-electron chi connectivity index (χ1n) is 7.67. The number of nitrogens with zero attached hydrogens (tertiary/aromatic N) is 1. The predicted octanol–water partition coefficient (Wildman–Crippen LogP) is 5.92. The number of anilines is 3.